The number of rotatable bonds is 3. The quantitative estimate of drug-likeness (QED) is 0.377. The number of aliphatic hydroxyl groups excluding tert-OH is 1. The number of carbonyl (C=O) groups excluding carboxylic acids is 2. The number of aliphatic imine (C=N–C) groups is 1. The van der Waals surface area contributed by atoms with Crippen molar-refractivity contribution >= 4 is 39.1 Å². The summed E-state index contributed by atoms with van der Waals surface area (Å²) in [5.41, 5.74) is 0.907. The van der Waals surface area contributed by atoms with E-state index in [4.69, 9.17) is 4.74 Å². The van der Waals surface area contributed by atoms with Crippen molar-refractivity contribution in [2.45, 2.75) is 0 Å². The number of benzene rings is 2. The minimum atomic E-state index is -0.757. The first-order valence-electron chi connectivity index (χ1n) is 7.10. The van der Waals surface area contributed by atoms with Gasteiger partial charge < -0.3 is 9.84 Å². The maximum atomic E-state index is 12.3. The van der Waals surface area contributed by atoms with Crippen LogP contribution in [0.3, 0.4) is 0 Å². The van der Waals surface area contributed by atoms with Gasteiger partial charge in [0.25, 0.3) is 0 Å². The van der Waals surface area contributed by atoms with Crippen LogP contribution in [0, 0.1) is 0 Å². The van der Waals surface area contributed by atoms with E-state index in [1.54, 1.807) is 54.6 Å². The van der Waals surface area contributed by atoms with Crippen LogP contribution in [0.25, 0.3) is 0 Å². The Morgan fingerprint density at radius 1 is 1.08 bits per heavy atom. The molecule has 5 nitrogen and oxygen atoms in total. The molecule has 1 N–H and O–H groups in total. The summed E-state index contributed by atoms with van der Waals surface area (Å²) in [6, 6.07) is 15.3. The smallest absolute Gasteiger partial charge is 0.344 e. The van der Waals surface area contributed by atoms with Gasteiger partial charge in [-0.25, -0.2) is 9.79 Å². The van der Waals surface area contributed by atoms with E-state index in [-0.39, 0.29) is 23.5 Å². The molecule has 0 aliphatic carbocycles. The van der Waals surface area contributed by atoms with Crippen LogP contribution in [0.2, 0.25) is 0 Å². The Morgan fingerprint density at radius 2 is 1.75 bits per heavy atom. The summed E-state index contributed by atoms with van der Waals surface area (Å²) in [5, 5.41) is 10.3. The van der Waals surface area contributed by atoms with Crippen molar-refractivity contribution in [3.05, 3.63) is 76.0 Å². The van der Waals surface area contributed by atoms with Gasteiger partial charge in [0.1, 0.15) is 12.2 Å². The first-order chi connectivity index (χ1) is 11.6. The van der Waals surface area contributed by atoms with Crippen LogP contribution in [0.5, 0.6) is 0 Å². The van der Waals surface area contributed by atoms with Gasteiger partial charge in [-0.15, -0.1) is 0 Å². The average Bonchev–Trinajstić information content (AvgIpc) is 2.97. The third-order valence-corrected chi connectivity index (χ3v) is 3.94. The molecule has 1 aliphatic rings. The third-order valence-electron chi connectivity index (χ3n) is 3.41. The number of ether oxygens (including phenoxy) is 1. The molecule has 1 fully saturated rings. The SMILES string of the molecule is O=C1OCC(=Nc2ccc(Br)cc2)/C1=C(\O)C(=O)c1ccccc1. The summed E-state index contributed by atoms with van der Waals surface area (Å²) in [4.78, 5) is 28.6. The lowest BCUT2D eigenvalue weighted by molar-refractivity contribution is -0.135. The molecule has 0 bridgehead atoms. The number of cyclic esters (lactones) is 1. The van der Waals surface area contributed by atoms with Gasteiger partial charge in [0.05, 0.1) is 11.4 Å². The highest BCUT2D eigenvalue weighted by molar-refractivity contribution is 9.10. The lowest BCUT2D eigenvalue weighted by Crippen LogP contribution is -2.13. The normalized spacial score (nSPS) is 17.7. The molecule has 0 aromatic heterocycles. The van der Waals surface area contributed by atoms with E-state index in [9.17, 15) is 14.7 Å². The summed E-state index contributed by atoms with van der Waals surface area (Å²) >= 11 is 3.33. The van der Waals surface area contributed by atoms with E-state index in [0.717, 1.165) is 4.47 Å². The van der Waals surface area contributed by atoms with E-state index < -0.39 is 17.5 Å². The number of esters is 1. The molecule has 0 radical (unpaired) electrons. The Balaban J connectivity index is 2.01. The lowest BCUT2D eigenvalue weighted by atomic mass is 10.0. The molecule has 24 heavy (non-hydrogen) atoms. The molecule has 1 aliphatic heterocycles. The van der Waals surface area contributed by atoms with Crippen LogP contribution in [-0.2, 0) is 9.53 Å². The van der Waals surface area contributed by atoms with Crippen molar-refractivity contribution in [1.29, 1.82) is 0 Å². The topological polar surface area (TPSA) is 76.0 Å². The molecular weight excluding hydrogens is 374 g/mol. The second-order valence-electron chi connectivity index (χ2n) is 5.03. The highest BCUT2D eigenvalue weighted by Gasteiger charge is 2.33. The van der Waals surface area contributed by atoms with E-state index in [1.807, 2.05) is 0 Å². The first-order valence-corrected chi connectivity index (χ1v) is 7.89. The number of allylic oxidation sites excluding steroid dienone is 1. The van der Waals surface area contributed by atoms with Crippen LogP contribution >= 0.6 is 15.9 Å². The van der Waals surface area contributed by atoms with E-state index in [2.05, 4.69) is 20.9 Å². The number of Topliss-reactive ketones (excluding diaryl/α,β-unsaturated/α-hetero) is 1. The zero-order valence-corrected chi connectivity index (χ0v) is 14.0. The fraction of sp³-hybridized carbons (Fsp3) is 0.0556. The number of hydrogen-bond acceptors (Lipinski definition) is 5. The summed E-state index contributed by atoms with van der Waals surface area (Å²) in [5.74, 6) is -2.06. The van der Waals surface area contributed by atoms with Gasteiger partial charge in [0, 0.05) is 10.0 Å². The second-order valence-corrected chi connectivity index (χ2v) is 5.95. The largest absolute Gasteiger partial charge is 0.503 e. The third kappa shape index (κ3) is 3.28. The number of hydrogen-bond donors (Lipinski definition) is 1. The highest BCUT2D eigenvalue weighted by atomic mass is 79.9. The molecule has 0 amide bonds. The zero-order valence-electron chi connectivity index (χ0n) is 12.4. The molecule has 0 atom stereocenters. The lowest BCUT2D eigenvalue weighted by Gasteiger charge is -2.03. The van der Waals surface area contributed by atoms with Crippen LogP contribution in [-0.4, -0.2) is 29.2 Å². The van der Waals surface area contributed by atoms with Gasteiger partial charge in [-0.2, -0.15) is 0 Å². The first kappa shape index (κ1) is 16.1. The van der Waals surface area contributed by atoms with E-state index >= 15 is 0 Å². The standard InChI is InChI=1S/C18H12BrNO4/c19-12-6-8-13(9-7-12)20-14-10-24-18(23)15(14)17(22)16(21)11-4-2-1-3-5-11/h1-9,22H,10H2/b17-15+,20-14?. The molecule has 1 heterocycles. The minimum absolute atomic E-state index is 0.0869. The van der Waals surface area contributed by atoms with Gasteiger partial charge in [0.2, 0.25) is 5.78 Å². The Bertz CT molecular complexity index is 854. The van der Waals surface area contributed by atoms with Crippen LogP contribution in [0.1, 0.15) is 10.4 Å². The second kappa shape index (κ2) is 6.80. The Hall–Kier alpha value is -2.73. The maximum Gasteiger partial charge on any atom is 0.344 e. The van der Waals surface area contributed by atoms with Gasteiger partial charge >= 0.3 is 5.97 Å². The molecule has 2 aromatic rings. The maximum absolute atomic E-state index is 12.3. The number of nitrogens with zero attached hydrogens (tertiary/aromatic N) is 1. The number of carbonyl (C=O) groups is 2. The zero-order chi connectivity index (χ0) is 17.1. The van der Waals surface area contributed by atoms with E-state index in [1.165, 1.54) is 0 Å². The van der Waals surface area contributed by atoms with Gasteiger partial charge in [-0.05, 0) is 24.3 Å². The molecule has 6 heteroatoms. The summed E-state index contributed by atoms with van der Waals surface area (Å²) < 4.78 is 5.82. The molecular formula is C18H12BrNO4. The van der Waals surface area contributed by atoms with E-state index in [0.29, 0.717) is 5.69 Å². The molecule has 0 spiro atoms. The number of halogens is 1. The monoisotopic (exact) mass is 385 g/mol. The van der Waals surface area contributed by atoms with Crippen molar-refractivity contribution in [2.75, 3.05) is 6.61 Å². The predicted octanol–water partition coefficient (Wildman–Crippen LogP) is 3.77. The van der Waals surface area contributed by atoms with Gasteiger partial charge in [-0.3, -0.25) is 4.79 Å². The van der Waals surface area contributed by atoms with Gasteiger partial charge in [0.15, 0.2) is 5.76 Å². The molecule has 1 saturated heterocycles. The molecule has 0 unspecified atom stereocenters. The predicted molar refractivity (Wildman–Crippen MR) is 92.6 cm³/mol. The molecule has 0 saturated carbocycles. The highest BCUT2D eigenvalue weighted by Crippen LogP contribution is 2.23. The Labute approximate surface area is 146 Å². The van der Waals surface area contributed by atoms with Crippen molar-refractivity contribution in [3.8, 4) is 0 Å². The Morgan fingerprint density at radius 3 is 2.42 bits per heavy atom. The van der Waals surface area contributed by atoms with Crippen molar-refractivity contribution in [1.82, 2.24) is 0 Å². The van der Waals surface area contributed by atoms with Gasteiger partial charge in [-0.1, -0.05) is 46.3 Å². The number of aliphatic hydroxyl groups is 1. The fourth-order valence-electron chi connectivity index (χ4n) is 2.23. The van der Waals surface area contributed by atoms with Crippen LogP contribution < -0.4 is 0 Å². The molecule has 2 aromatic carbocycles. The van der Waals surface area contributed by atoms with Crippen LogP contribution in [0.15, 0.2) is 75.4 Å². The Kier molecular flexibility index (Phi) is 4.57. The summed E-state index contributed by atoms with van der Waals surface area (Å²) in [6.07, 6.45) is 0. The summed E-state index contributed by atoms with van der Waals surface area (Å²) in [6.45, 7) is -0.0869. The van der Waals surface area contributed by atoms with Crippen LogP contribution in [0.4, 0.5) is 5.69 Å². The number of ketones is 1. The summed E-state index contributed by atoms with van der Waals surface area (Å²) in [7, 11) is 0. The molecule has 120 valence electrons. The average molecular weight is 386 g/mol. The van der Waals surface area contributed by atoms with Crippen molar-refractivity contribution in [2.24, 2.45) is 4.99 Å². The fourth-order valence-corrected chi connectivity index (χ4v) is 2.49. The minimum Gasteiger partial charge on any atom is -0.503 e. The van der Waals surface area contributed by atoms with Crippen molar-refractivity contribution < 1.29 is 19.4 Å². The van der Waals surface area contributed by atoms with Crippen molar-refractivity contribution in [3.63, 3.8) is 0 Å². The molecule has 3 rings (SSSR count).